The first-order valence-electron chi connectivity index (χ1n) is 56.5. The summed E-state index contributed by atoms with van der Waals surface area (Å²) in [5.41, 5.74) is 3.41. The zero-order valence-electron chi connectivity index (χ0n) is 89.8. The van der Waals surface area contributed by atoms with Crippen LogP contribution in [-0.4, -0.2) is 132 Å². The van der Waals surface area contributed by atoms with Gasteiger partial charge in [-0.3, -0.25) is 9.59 Å². The molecule has 3 unspecified atom stereocenters. The second-order valence-corrected chi connectivity index (χ2v) is 42.3. The summed E-state index contributed by atoms with van der Waals surface area (Å²) in [6.45, 7) is 22.1. The van der Waals surface area contributed by atoms with E-state index in [1.165, 1.54) is 152 Å². The van der Waals surface area contributed by atoms with Crippen LogP contribution < -0.4 is 33.2 Å². The van der Waals surface area contributed by atoms with E-state index in [0.717, 1.165) is 238 Å². The summed E-state index contributed by atoms with van der Waals surface area (Å²) < 4.78 is 40.8. The Kier molecular flexibility index (Phi) is 59.5. The van der Waals surface area contributed by atoms with Crippen molar-refractivity contribution in [1.29, 1.82) is 0 Å². The quantitative estimate of drug-likeness (QED) is 0.0130. The van der Waals surface area contributed by atoms with Crippen molar-refractivity contribution < 1.29 is 88.4 Å². The van der Waals surface area contributed by atoms with Crippen LogP contribution in [0.4, 0.5) is 0 Å². The van der Waals surface area contributed by atoms with Crippen molar-refractivity contribution in [3.05, 3.63) is 209 Å². The van der Waals surface area contributed by atoms with Gasteiger partial charge in [-0.2, -0.15) is 0 Å². The number of aliphatic hydroxyl groups excluding tert-OH is 3. The zero-order valence-corrected chi connectivity index (χ0v) is 89.8. The van der Waals surface area contributed by atoms with Crippen LogP contribution >= 0.6 is 0 Å². The third-order valence-corrected chi connectivity index (χ3v) is 28.9. The van der Waals surface area contributed by atoms with Gasteiger partial charge in [-0.15, -0.1) is 0 Å². The fourth-order valence-corrected chi connectivity index (χ4v) is 19.9. The standard InChI is InChI=1S/C19H28O3.C18H28O3.C18H26O3.C18H28O2.C18H30O.C17H26O3.C17H24O3/c1-15(20)7-5-12-19(21)17-10-6-11-18(13-17)22-14-16-8-3-2-4-9-16;2*1-2-8-17(19)15-9-7-10-16(13-15)21-14-18(20)11-5-3-4-6-12-18;1-2-3-9-16-10-8-11-17(14-16)20-15-18(19)12-6-4-5-7-13-18;1-4-7-11-16-12-8-13-18(14-16)19-15-17(9-5-2)10-6-3;2*1-2-7-16(18)14-8-6-9-15(12-14)20-13-17(19)10-4-3-5-11-17/h6,10-11,13,16,19,21H,2-5,7-9,12,14H2,1H3;7,9-10,13,17,19-20H,2-6,8,11-12,14H2,1H3;7,9-10,13,20H,2-6,8,11-12,14H2,1H3;8,10-11,14,19H,2-7,9,12-13,15H2,1H3;8,12-14,17H,4-7,9-11,15H2,1-3H3;6,8-9,12,16,18-19H,2-5,7,10-11,13H2,1H3;6,8-9,12,19H,2-5,7,10-11,13H2,1H3. The van der Waals surface area contributed by atoms with Crippen molar-refractivity contribution in [3.63, 3.8) is 0 Å². The van der Waals surface area contributed by atoms with Crippen LogP contribution in [0.25, 0.3) is 0 Å². The SMILES string of the molecule is CC(=O)CCCC(O)c1cccc(OCC2CCCCC2)c1.CCCC(=O)c1cccc(OCC2(O)CCCCC2)c1.CCCC(=O)c1cccc(OCC2(O)CCCCCC2)c1.CCCC(O)c1cccc(OCC2(O)CCCCC2)c1.CCCC(O)c1cccc(OCC2(O)CCCCCC2)c1.CCCCc1cccc(OCC(CCC)CCC)c1.CCCCc1cccc(OCC2(O)CCCCCC2)c1. The summed E-state index contributed by atoms with van der Waals surface area (Å²) in [4.78, 5) is 34.7. The molecule has 143 heavy (non-hydrogen) atoms. The third kappa shape index (κ3) is 50.4. The van der Waals surface area contributed by atoms with Gasteiger partial charge in [-0.05, 0) is 286 Å². The van der Waals surface area contributed by atoms with Crippen LogP contribution in [0.15, 0.2) is 170 Å². The molecule has 6 aliphatic carbocycles. The Morgan fingerprint density at radius 3 is 0.888 bits per heavy atom. The largest absolute Gasteiger partial charge is 0.493 e. The summed E-state index contributed by atoms with van der Waals surface area (Å²) in [6.07, 6.45) is 54.4. The fraction of sp³-hybridized carbons (Fsp3) is 0.640. The maximum Gasteiger partial charge on any atom is 0.162 e. The minimum atomic E-state index is -0.708. The number of ether oxygens (including phenoxy) is 7. The van der Waals surface area contributed by atoms with Gasteiger partial charge in [0.05, 0.1) is 59.5 Å². The molecule has 7 aromatic carbocycles. The van der Waals surface area contributed by atoms with Gasteiger partial charge < -0.3 is 78.8 Å². The monoisotopic (exact) mass is 1980 g/mol. The van der Waals surface area contributed by atoms with Crippen molar-refractivity contribution >= 4 is 17.3 Å². The molecule has 0 heterocycles. The number of aryl methyl sites for hydroxylation is 2. The predicted octanol–water partition coefficient (Wildman–Crippen LogP) is 30.0. The number of aliphatic hydroxyl groups is 8. The normalized spacial score (nSPS) is 17.4. The molecule has 18 heteroatoms. The number of rotatable bonds is 48. The number of Topliss-reactive ketones (excluding diaryl/α,β-unsaturated/α-hetero) is 3. The van der Waals surface area contributed by atoms with Gasteiger partial charge in [0.25, 0.3) is 0 Å². The molecule has 7 aromatic rings. The molecule has 0 aliphatic heterocycles. The second-order valence-electron chi connectivity index (χ2n) is 42.3. The van der Waals surface area contributed by atoms with Gasteiger partial charge in [0.15, 0.2) is 11.6 Å². The Hall–Kier alpha value is -8.17. The molecule has 0 aromatic heterocycles. The van der Waals surface area contributed by atoms with Crippen molar-refractivity contribution in [1.82, 2.24) is 0 Å². The molecule has 6 aliphatic rings. The third-order valence-electron chi connectivity index (χ3n) is 28.9. The average Bonchev–Trinajstić information content (AvgIpc) is 1.47. The molecule has 18 nitrogen and oxygen atoms in total. The number of unbranched alkanes of at least 4 members (excludes halogenated alkanes) is 2. The van der Waals surface area contributed by atoms with E-state index >= 15 is 0 Å². The number of benzene rings is 7. The van der Waals surface area contributed by atoms with Crippen molar-refractivity contribution in [2.24, 2.45) is 11.8 Å². The minimum absolute atomic E-state index is 0.148. The number of carbonyl (C=O) groups excluding carboxylic acids is 3. The minimum Gasteiger partial charge on any atom is -0.493 e. The highest BCUT2D eigenvalue weighted by Gasteiger charge is 2.35. The molecule has 798 valence electrons. The van der Waals surface area contributed by atoms with E-state index in [4.69, 9.17) is 33.2 Å². The van der Waals surface area contributed by atoms with Gasteiger partial charge in [0.2, 0.25) is 0 Å². The lowest BCUT2D eigenvalue weighted by atomic mass is 9.85. The lowest BCUT2D eigenvalue weighted by Gasteiger charge is -2.31. The van der Waals surface area contributed by atoms with Crippen molar-refractivity contribution in [3.8, 4) is 40.2 Å². The highest BCUT2D eigenvalue weighted by molar-refractivity contribution is 5.97. The Bertz CT molecular complexity index is 4510. The smallest absolute Gasteiger partial charge is 0.162 e. The number of hydrogen-bond acceptors (Lipinski definition) is 18. The Labute approximate surface area is 863 Å². The maximum atomic E-state index is 11.9. The van der Waals surface area contributed by atoms with Gasteiger partial charge in [-0.1, -0.05) is 314 Å². The van der Waals surface area contributed by atoms with Crippen LogP contribution in [0, 0.1) is 11.8 Å². The second kappa shape index (κ2) is 69.9. The first kappa shape index (κ1) is 122. The predicted molar refractivity (Wildman–Crippen MR) is 582 cm³/mol. The highest BCUT2D eigenvalue weighted by Crippen LogP contribution is 2.37. The Morgan fingerprint density at radius 1 is 0.294 bits per heavy atom. The van der Waals surface area contributed by atoms with E-state index < -0.39 is 46.3 Å². The molecule has 0 bridgehead atoms. The van der Waals surface area contributed by atoms with Gasteiger partial charge >= 0.3 is 0 Å². The Balaban J connectivity index is 0.000000227. The fourth-order valence-electron chi connectivity index (χ4n) is 19.9. The molecule has 0 saturated heterocycles. The first-order chi connectivity index (χ1) is 69.2. The van der Waals surface area contributed by atoms with Gasteiger partial charge in [-0.25, -0.2) is 0 Å². The van der Waals surface area contributed by atoms with Crippen LogP contribution in [0.2, 0.25) is 0 Å². The molecular formula is C125H190O18. The maximum absolute atomic E-state index is 11.9. The average molecular weight is 1980 g/mol. The van der Waals surface area contributed by atoms with Crippen LogP contribution in [0.3, 0.4) is 0 Å². The molecule has 13 rings (SSSR count). The summed E-state index contributed by atoms with van der Waals surface area (Å²) in [7, 11) is 0. The van der Waals surface area contributed by atoms with E-state index in [9.17, 15) is 55.2 Å². The molecule has 8 N–H and O–H groups in total. The first-order valence-corrected chi connectivity index (χ1v) is 56.5. The number of carbonyl (C=O) groups is 3. The molecule has 3 atom stereocenters. The number of hydrogen-bond donors (Lipinski definition) is 8. The summed E-state index contributed by atoms with van der Waals surface area (Å²) in [5.74, 6) is 7.47. The van der Waals surface area contributed by atoms with E-state index in [2.05, 4.69) is 84.0 Å². The lowest BCUT2D eigenvalue weighted by Crippen LogP contribution is -2.37. The molecular weight excluding hydrogens is 1790 g/mol. The molecule has 6 fully saturated rings. The molecule has 0 spiro atoms. The van der Waals surface area contributed by atoms with Crippen molar-refractivity contribution in [2.75, 3.05) is 46.2 Å². The van der Waals surface area contributed by atoms with Crippen LogP contribution in [0.1, 0.15) is 463 Å². The molecule has 6 saturated carbocycles. The number of ketones is 3. The molecule has 0 amide bonds. The summed E-state index contributed by atoms with van der Waals surface area (Å²) in [5, 5.41) is 82.9. The van der Waals surface area contributed by atoms with Gasteiger partial charge in [0.1, 0.15) is 79.1 Å². The topological polar surface area (TPSA) is 278 Å². The Morgan fingerprint density at radius 2 is 0.573 bits per heavy atom. The van der Waals surface area contributed by atoms with E-state index in [0.29, 0.717) is 93.2 Å². The van der Waals surface area contributed by atoms with E-state index in [-0.39, 0.29) is 17.3 Å². The van der Waals surface area contributed by atoms with Crippen molar-refractivity contribution in [2.45, 2.75) is 455 Å². The summed E-state index contributed by atoms with van der Waals surface area (Å²) in [6, 6.07) is 54.5. The summed E-state index contributed by atoms with van der Waals surface area (Å²) >= 11 is 0. The zero-order chi connectivity index (χ0) is 103. The molecule has 0 radical (unpaired) electrons. The van der Waals surface area contributed by atoms with Gasteiger partial charge in [0, 0.05) is 30.4 Å². The van der Waals surface area contributed by atoms with Crippen LogP contribution in [0.5, 0.6) is 40.2 Å². The van der Waals surface area contributed by atoms with Crippen LogP contribution in [-0.2, 0) is 17.6 Å². The van der Waals surface area contributed by atoms with E-state index in [1.807, 2.05) is 129 Å². The lowest BCUT2D eigenvalue weighted by molar-refractivity contribution is -0.117. The van der Waals surface area contributed by atoms with E-state index in [1.54, 1.807) is 19.1 Å². The highest BCUT2D eigenvalue weighted by atomic mass is 16.5.